The Labute approximate surface area is 238 Å². The highest BCUT2D eigenvalue weighted by atomic mass is 16.6. The third-order valence-corrected chi connectivity index (χ3v) is 6.30. The third kappa shape index (κ3) is 10.9. The van der Waals surface area contributed by atoms with Crippen molar-refractivity contribution in [1.29, 1.82) is 0 Å². The predicted octanol–water partition coefficient (Wildman–Crippen LogP) is 6.41. The summed E-state index contributed by atoms with van der Waals surface area (Å²) in [6.07, 6.45) is -1.04. The van der Waals surface area contributed by atoms with Crippen LogP contribution in [0, 0.1) is 0 Å². The average Bonchev–Trinajstić information content (AvgIpc) is 2.89. The van der Waals surface area contributed by atoms with E-state index in [9.17, 15) is 9.59 Å². The van der Waals surface area contributed by atoms with Gasteiger partial charge in [-0.25, -0.2) is 9.59 Å². The third-order valence-electron chi connectivity index (χ3n) is 6.30. The minimum Gasteiger partial charge on any atom is -0.447 e. The average molecular weight is 553 g/mol. The van der Waals surface area contributed by atoms with Crippen LogP contribution in [0.25, 0.3) is 11.1 Å². The van der Waals surface area contributed by atoms with E-state index in [0.717, 1.165) is 33.4 Å². The lowest BCUT2D eigenvalue weighted by molar-refractivity contribution is 0.0143. The Balaban J connectivity index is 1.54. The Morgan fingerprint density at radius 3 is 1.57 bits per heavy atom. The zero-order valence-corrected chi connectivity index (χ0v) is 24.7. The molecule has 8 heteroatoms. The van der Waals surface area contributed by atoms with Crippen molar-refractivity contribution in [2.24, 2.45) is 0 Å². The van der Waals surface area contributed by atoms with Crippen LogP contribution in [0.2, 0.25) is 0 Å². The lowest BCUT2D eigenvalue weighted by Crippen LogP contribution is -2.41. The van der Waals surface area contributed by atoms with Crippen LogP contribution in [-0.4, -0.2) is 51.8 Å². The van der Waals surface area contributed by atoms with Crippen molar-refractivity contribution < 1.29 is 28.5 Å². The summed E-state index contributed by atoms with van der Waals surface area (Å²) in [6, 6.07) is 15.8. The fraction of sp³-hybridized carbons (Fsp3) is 0.438. The van der Waals surface area contributed by atoms with Crippen LogP contribution >= 0.6 is 0 Å². The second-order valence-corrected chi connectivity index (χ2v) is 10.7. The number of benzene rings is 2. The molecule has 0 heterocycles. The van der Waals surface area contributed by atoms with Crippen molar-refractivity contribution in [3.63, 3.8) is 0 Å². The van der Waals surface area contributed by atoms with Gasteiger partial charge in [-0.15, -0.1) is 0 Å². The molecule has 2 aromatic rings. The van der Waals surface area contributed by atoms with Gasteiger partial charge in [-0.05, 0) is 69.9 Å². The number of hydrogen-bond acceptors (Lipinski definition) is 6. The van der Waals surface area contributed by atoms with Crippen molar-refractivity contribution in [3.8, 4) is 0 Å². The molecule has 2 amide bonds. The van der Waals surface area contributed by atoms with Gasteiger partial charge in [-0.1, -0.05) is 66.8 Å². The molecule has 0 aliphatic carbocycles. The Kier molecular flexibility index (Phi) is 12.4. The summed E-state index contributed by atoms with van der Waals surface area (Å²) in [7, 11) is 0. The number of rotatable bonds is 15. The first-order chi connectivity index (χ1) is 18.8. The standard InChI is InChI=1S/C32H44N2O6/c1-23(2)25-12-14-27(15-13-25)31(5,6)33-29(35)39-20-18-37-16-17-38-19-21-40-30(36)34-32(7,8)28-11-9-10-26(22-28)24(3)4/h9-15,22H,1,3,16-21H2,2,4-8H3,(H,33,35)(H,34,36). The maximum Gasteiger partial charge on any atom is 0.407 e. The minimum absolute atomic E-state index is 0.114. The lowest BCUT2D eigenvalue weighted by Gasteiger charge is -2.27. The number of alkyl carbamates (subject to hydrolysis) is 2. The molecule has 2 N–H and O–H groups in total. The highest BCUT2D eigenvalue weighted by Gasteiger charge is 2.25. The van der Waals surface area contributed by atoms with Crippen LogP contribution < -0.4 is 10.6 Å². The number of carbonyl (C=O) groups is 2. The maximum absolute atomic E-state index is 12.2. The summed E-state index contributed by atoms with van der Waals surface area (Å²) in [4.78, 5) is 24.4. The molecule has 40 heavy (non-hydrogen) atoms. The largest absolute Gasteiger partial charge is 0.447 e. The summed E-state index contributed by atoms with van der Waals surface area (Å²) in [6.45, 7) is 20.8. The SMILES string of the molecule is C=C(C)c1ccc(C(C)(C)NC(=O)OCCOCCOCCOC(=O)NC(C)(C)c2cccc(C(=C)C)c2)cc1. The fourth-order valence-corrected chi connectivity index (χ4v) is 3.78. The van der Waals surface area contributed by atoms with Crippen molar-refractivity contribution in [2.45, 2.75) is 52.6 Å². The summed E-state index contributed by atoms with van der Waals surface area (Å²) in [5.74, 6) is 0. The molecule has 218 valence electrons. The predicted molar refractivity (Wildman–Crippen MR) is 159 cm³/mol. The number of allylic oxidation sites excluding steroid dienone is 2. The summed E-state index contributed by atoms with van der Waals surface area (Å²) in [5, 5.41) is 5.75. The molecule has 0 aliphatic heterocycles. The molecule has 0 unspecified atom stereocenters. The van der Waals surface area contributed by atoms with E-state index in [-0.39, 0.29) is 26.4 Å². The van der Waals surface area contributed by atoms with Gasteiger partial charge in [0.1, 0.15) is 13.2 Å². The highest BCUT2D eigenvalue weighted by Crippen LogP contribution is 2.24. The highest BCUT2D eigenvalue weighted by molar-refractivity contribution is 5.69. The van der Waals surface area contributed by atoms with Crippen molar-refractivity contribution in [2.75, 3.05) is 39.6 Å². The number of carbonyl (C=O) groups excluding carboxylic acids is 2. The zero-order chi connectivity index (χ0) is 29.8. The second kappa shape index (κ2) is 15.2. The van der Waals surface area contributed by atoms with E-state index < -0.39 is 23.3 Å². The molecule has 0 aliphatic rings. The molecule has 0 saturated heterocycles. The number of nitrogens with one attached hydrogen (secondary N) is 2. The van der Waals surface area contributed by atoms with E-state index in [1.165, 1.54) is 0 Å². The Morgan fingerprint density at radius 1 is 0.650 bits per heavy atom. The van der Waals surface area contributed by atoms with Crippen molar-refractivity contribution >= 4 is 23.3 Å². The fourth-order valence-electron chi connectivity index (χ4n) is 3.78. The van der Waals surface area contributed by atoms with Gasteiger partial charge in [0.05, 0.1) is 37.5 Å². The number of amides is 2. The number of hydrogen-bond donors (Lipinski definition) is 2. The molecule has 2 rings (SSSR count). The quantitative estimate of drug-likeness (QED) is 0.248. The monoisotopic (exact) mass is 552 g/mol. The van der Waals surface area contributed by atoms with Gasteiger partial charge in [-0.3, -0.25) is 0 Å². The van der Waals surface area contributed by atoms with Gasteiger partial charge >= 0.3 is 12.2 Å². The first-order valence-corrected chi connectivity index (χ1v) is 13.4. The minimum atomic E-state index is -0.609. The molecular formula is C32H44N2O6. The number of ether oxygens (including phenoxy) is 4. The van der Waals surface area contributed by atoms with Crippen molar-refractivity contribution in [3.05, 3.63) is 83.9 Å². The van der Waals surface area contributed by atoms with E-state index >= 15 is 0 Å². The van der Waals surface area contributed by atoms with E-state index in [1.54, 1.807) is 0 Å². The second-order valence-electron chi connectivity index (χ2n) is 10.7. The van der Waals surface area contributed by atoms with E-state index in [1.807, 2.05) is 90.1 Å². The first-order valence-electron chi connectivity index (χ1n) is 13.4. The normalized spacial score (nSPS) is 11.4. The topological polar surface area (TPSA) is 95.1 Å². The van der Waals surface area contributed by atoms with E-state index in [0.29, 0.717) is 13.2 Å². The maximum atomic E-state index is 12.2. The molecule has 0 fully saturated rings. The summed E-state index contributed by atoms with van der Waals surface area (Å²) < 4.78 is 21.3. The molecule has 2 aromatic carbocycles. The molecule has 0 spiro atoms. The summed E-state index contributed by atoms with van der Waals surface area (Å²) in [5.41, 5.74) is 4.74. The van der Waals surface area contributed by atoms with E-state index in [2.05, 4.69) is 23.8 Å². The molecular weight excluding hydrogens is 508 g/mol. The Hall–Kier alpha value is -3.62. The van der Waals surface area contributed by atoms with Crippen LogP contribution in [0.4, 0.5) is 9.59 Å². The first kappa shape index (κ1) is 32.6. The van der Waals surface area contributed by atoms with Gasteiger partial charge in [0.25, 0.3) is 0 Å². The van der Waals surface area contributed by atoms with Crippen LogP contribution in [-0.2, 0) is 30.0 Å². The molecule has 0 atom stereocenters. The van der Waals surface area contributed by atoms with Crippen LogP contribution in [0.5, 0.6) is 0 Å². The molecule has 0 aromatic heterocycles. The lowest BCUT2D eigenvalue weighted by atomic mass is 9.92. The van der Waals surface area contributed by atoms with Gasteiger partial charge in [-0.2, -0.15) is 0 Å². The molecule has 0 radical (unpaired) electrons. The van der Waals surface area contributed by atoms with Gasteiger partial charge in [0, 0.05) is 0 Å². The van der Waals surface area contributed by atoms with Gasteiger partial charge in [0.15, 0.2) is 0 Å². The molecule has 8 nitrogen and oxygen atoms in total. The Morgan fingerprint density at radius 2 is 1.10 bits per heavy atom. The molecule has 0 saturated carbocycles. The van der Waals surface area contributed by atoms with Gasteiger partial charge in [0.2, 0.25) is 0 Å². The van der Waals surface area contributed by atoms with Crippen LogP contribution in [0.1, 0.15) is 63.8 Å². The smallest absolute Gasteiger partial charge is 0.407 e. The zero-order valence-electron chi connectivity index (χ0n) is 24.7. The van der Waals surface area contributed by atoms with Crippen LogP contribution in [0.3, 0.4) is 0 Å². The van der Waals surface area contributed by atoms with Gasteiger partial charge < -0.3 is 29.6 Å². The van der Waals surface area contributed by atoms with E-state index in [4.69, 9.17) is 18.9 Å². The Bertz CT molecular complexity index is 1150. The molecule has 0 bridgehead atoms. The van der Waals surface area contributed by atoms with Crippen LogP contribution in [0.15, 0.2) is 61.7 Å². The van der Waals surface area contributed by atoms with Crippen molar-refractivity contribution in [1.82, 2.24) is 10.6 Å². The summed E-state index contributed by atoms with van der Waals surface area (Å²) >= 11 is 0.